The van der Waals surface area contributed by atoms with Gasteiger partial charge in [0.05, 0.1) is 5.56 Å². The highest BCUT2D eigenvalue weighted by molar-refractivity contribution is 9.10. The number of hydrogen-bond donors (Lipinski definition) is 2. The number of halogens is 1. The van der Waals surface area contributed by atoms with Gasteiger partial charge in [-0.3, -0.25) is 14.6 Å². The molecule has 0 saturated heterocycles. The lowest BCUT2D eigenvalue weighted by molar-refractivity contribution is -0.130. The van der Waals surface area contributed by atoms with Gasteiger partial charge in [-0.05, 0) is 35.8 Å². The number of carbonyl (C=O) groups is 3. The molecule has 0 aliphatic heterocycles. The Labute approximate surface area is 130 Å². The van der Waals surface area contributed by atoms with Crippen LogP contribution in [0.4, 0.5) is 0 Å². The SMILES string of the molecule is CCNC(=O)[C@H](C)NC(=O)COC(=O)c1cncc(Br)c1. The van der Waals surface area contributed by atoms with Crippen molar-refractivity contribution in [2.75, 3.05) is 13.2 Å². The molecule has 114 valence electrons. The van der Waals surface area contributed by atoms with E-state index in [1.165, 1.54) is 18.5 Å². The quantitative estimate of drug-likeness (QED) is 0.728. The first kappa shape index (κ1) is 17.1. The van der Waals surface area contributed by atoms with Crippen molar-refractivity contribution in [1.29, 1.82) is 0 Å². The fourth-order valence-corrected chi connectivity index (χ4v) is 1.78. The van der Waals surface area contributed by atoms with E-state index in [9.17, 15) is 14.4 Å². The standard InChI is InChI=1S/C13H16BrN3O4/c1-3-16-12(19)8(2)17-11(18)7-21-13(20)9-4-10(14)6-15-5-9/h4-6,8H,3,7H2,1-2H3,(H,16,19)(H,17,18)/t8-/m0/s1. The number of aromatic nitrogens is 1. The molecule has 1 aromatic rings. The molecule has 0 fully saturated rings. The van der Waals surface area contributed by atoms with E-state index in [2.05, 4.69) is 31.5 Å². The van der Waals surface area contributed by atoms with Crippen molar-refractivity contribution < 1.29 is 19.1 Å². The van der Waals surface area contributed by atoms with Gasteiger partial charge in [-0.15, -0.1) is 0 Å². The number of ether oxygens (including phenoxy) is 1. The average Bonchev–Trinajstić information content (AvgIpc) is 2.45. The van der Waals surface area contributed by atoms with Crippen LogP contribution in [0.1, 0.15) is 24.2 Å². The number of likely N-dealkylation sites (N-methyl/N-ethyl adjacent to an activating group) is 1. The van der Waals surface area contributed by atoms with Crippen LogP contribution in [0.15, 0.2) is 22.9 Å². The lowest BCUT2D eigenvalue weighted by atomic mass is 10.3. The molecule has 0 aromatic carbocycles. The van der Waals surface area contributed by atoms with Gasteiger partial charge in [-0.25, -0.2) is 4.79 Å². The van der Waals surface area contributed by atoms with E-state index >= 15 is 0 Å². The molecule has 8 heteroatoms. The van der Waals surface area contributed by atoms with Crippen LogP contribution in [0, 0.1) is 0 Å². The maximum atomic E-state index is 11.7. The Balaban J connectivity index is 2.42. The zero-order chi connectivity index (χ0) is 15.8. The van der Waals surface area contributed by atoms with E-state index in [4.69, 9.17) is 4.74 Å². The molecule has 0 bridgehead atoms. The fraction of sp³-hybridized carbons (Fsp3) is 0.385. The van der Waals surface area contributed by atoms with E-state index in [0.29, 0.717) is 11.0 Å². The van der Waals surface area contributed by atoms with Crippen LogP contribution in [0.25, 0.3) is 0 Å². The maximum Gasteiger partial charge on any atom is 0.340 e. The predicted octanol–water partition coefficient (Wildman–Crippen LogP) is 0.642. The van der Waals surface area contributed by atoms with E-state index in [-0.39, 0.29) is 11.5 Å². The number of hydrogen-bond acceptors (Lipinski definition) is 5. The van der Waals surface area contributed by atoms with Gasteiger partial charge >= 0.3 is 5.97 Å². The minimum atomic E-state index is -0.691. The molecule has 2 amide bonds. The van der Waals surface area contributed by atoms with Gasteiger partial charge in [-0.1, -0.05) is 0 Å². The van der Waals surface area contributed by atoms with Gasteiger partial charge in [0.25, 0.3) is 5.91 Å². The third-order valence-electron chi connectivity index (χ3n) is 2.40. The number of amides is 2. The molecule has 1 rings (SSSR count). The summed E-state index contributed by atoms with van der Waals surface area (Å²) in [4.78, 5) is 38.5. The first-order valence-corrected chi connectivity index (χ1v) is 7.08. The minimum absolute atomic E-state index is 0.231. The summed E-state index contributed by atoms with van der Waals surface area (Å²) in [7, 11) is 0. The van der Waals surface area contributed by atoms with Gasteiger partial charge in [0.2, 0.25) is 5.91 Å². The van der Waals surface area contributed by atoms with E-state index < -0.39 is 24.5 Å². The van der Waals surface area contributed by atoms with E-state index in [1.807, 2.05) is 0 Å². The number of carbonyl (C=O) groups excluding carboxylic acids is 3. The van der Waals surface area contributed by atoms with Gasteiger partial charge in [0.15, 0.2) is 6.61 Å². The molecule has 0 spiro atoms. The molecular formula is C13H16BrN3O4. The molecular weight excluding hydrogens is 342 g/mol. The zero-order valence-corrected chi connectivity index (χ0v) is 13.3. The molecule has 1 atom stereocenters. The molecule has 21 heavy (non-hydrogen) atoms. The Morgan fingerprint density at radius 3 is 2.71 bits per heavy atom. The van der Waals surface area contributed by atoms with Crippen molar-refractivity contribution in [2.45, 2.75) is 19.9 Å². The number of pyridine rings is 1. The number of esters is 1. The summed E-state index contributed by atoms with van der Waals surface area (Å²) in [5.41, 5.74) is 0.231. The molecule has 0 aliphatic carbocycles. The van der Waals surface area contributed by atoms with E-state index in [1.54, 1.807) is 13.8 Å². The lowest BCUT2D eigenvalue weighted by Gasteiger charge is -2.13. The summed E-state index contributed by atoms with van der Waals surface area (Å²) in [6, 6.07) is 0.841. The Hall–Kier alpha value is -1.96. The normalized spacial score (nSPS) is 11.4. The van der Waals surface area contributed by atoms with Crippen molar-refractivity contribution in [1.82, 2.24) is 15.6 Å². The van der Waals surface area contributed by atoms with Crippen LogP contribution in [0.5, 0.6) is 0 Å². The number of nitrogens with one attached hydrogen (secondary N) is 2. The summed E-state index contributed by atoms with van der Waals surface area (Å²) < 4.78 is 5.47. The van der Waals surface area contributed by atoms with Crippen LogP contribution in [-0.4, -0.2) is 42.0 Å². The first-order valence-electron chi connectivity index (χ1n) is 6.28. The summed E-state index contributed by atoms with van der Waals surface area (Å²) in [5, 5.41) is 5.00. The van der Waals surface area contributed by atoms with Gasteiger partial charge < -0.3 is 15.4 Å². The van der Waals surface area contributed by atoms with Crippen LogP contribution in [-0.2, 0) is 14.3 Å². The van der Waals surface area contributed by atoms with Crippen molar-refractivity contribution in [2.24, 2.45) is 0 Å². The lowest BCUT2D eigenvalue weighted by Crippen LogP contribution is -2.46. The summed E-state index contributed by atoms with van der Waals surface area (Å²) in [6.45, 7) is 3.34. The maximum absolute atomic E-state index is 11.7. The second-order valence-corrected chi connectivity index (χ2v) is 5.07. The van der Waals surface area contributed by atoms with E-state index in [0.717, 1.165) is 0 Å². The highest BCUT2D eigenvalue weighted by Crippen LogP contribution is 2.10. The van der Waals surface area contributed by atoms with Gasteiger partial charge in [0, 0.05) is 23.4 Å². The molecule has 1 aromatic heterocycles. The predicted molar refractivity (Wildman–Crippen MR) is 78.5 cm³/mol. The van der Waals surface area contributed by atoms with Crippen LogP contribution >= 0.6 is 15.9 Å². The van der Waals surface area contributed by atoms with Gasteiger partial charge in [-0.2, -0.15) is 0 Å². The highest BCUT2D eigenvalue weighted by Gasteiger charge is 2.16. The van der Waals surface area contributed by atoms with Crippen molar-refractivity contribution in [3.05, 3.63) is 28.5 Å². The molecule has 0 radical (unpaired) electrons. The molecule has 0 aliphatic rings. The minimum Gasteiger partial charge on any atom is -0.452 e. The smallest absolute Gasteiger partial charge is 0.340 e. The number of rotatable bonds is 6. The summed E-state index contributed by atoms with van der Waals surface area (Å²) in [6.07, 6.45) is 2.86. The van der Waals surface area contributed by atoms with Crippen LogP contribution in [0.3, 0.4) is 0 Å². The molecule has 7 nitrogen and oxygen atoms in total. The van der Waals surface area contributed by atoms with Gasteiger partial charge in [0.1, 0.15) is 6.04 Å². The van der Waals surface area contributed by atoms with Crippen molar-refractivity contribution >= 4 is 33.7 Å². The monoisotopic (exact) mass is 357 g/mol. The summed E-state index contributed by atoms with van der Waals surface area (Å²) in [5.74, 6) is -1.51. The molecule has 0 saturated carbocycles. The average molecular weight is 358 g/mol. The zero-order valence-electron chi connectivity index (χ0n) is 11.7. The van der Waals surface area contributed by atoms with Crippen molar-refractivity contribution in [3.8, 4) is 0 Å². The largest absolute Gasteiger partial charge is 0.452 e. The molecule has 0 unspecified atom stereocenters. The second kappa shape index (κ2) is 8.35. The highest BCUT2D eigenvalue weighted by atomic mass is 79.9. The third-order valence-corrected chi connectivity index (χ3v) is 2.83. The first-order chi connectivity index (χ1) is 9.93. The molecule has 2 N–H and O–H groups in total. The topological polar surface area (TPSA) is 97.4 Å². The summed E-state index contributed by atoms with van der Waals surface area (Å²) >= 11 is 3.18. The van der Waals surface area contributed by atoms with Crippen LogP contribution in [0.2, 0.25) is 0 Å². The second-order valence-electron chi connectivity index (χ2n) is 4.15. The Kier molecular flexibility index (Phi) is 6.80. The molecule has 1 heterocycles. The number of nitrogens with zero attached hydrogens (tertiary/aromatic N) is 1. The van der Waals surface area contributed by atoms with Crippen molar-refractivity contribution in [3.63, 3.8) is 0 Å². The Morgan fingerprint density at radius 1 is 1.38 bits per heavy atom. The fourth-order valence-electron chi connectivity index (χ4n) is 1.41. The Bertz CT molecular complexity index is 536. The Morgan fingerprint density at radius 2 is 2.10 bits per heavy atom. The van der Waals surface area contributed by atoms with Crippen LogP contribution < -0.4 is 10.6 Å². The third kappa shape index (κ3) is 5.90.